The number of benzene rings is 2. The van der Waals surface area contributed by atoms with E-state index >= 15 is 0 Å². The first-order valence-electron chi connectivity index (χ1n) is 7.85. The van der Waals surface area contributed by atoms with Crippen molar-refractivity contribution in [1.82, 2.24) is 0 Å². The average molecular weight is 268 g/mol. The van der Waals surface area contributed by atoms with Crippen molar-refractivity contribution in [2.24, 2.45) is 0 Å². The van der Waals surface area contributed by atoms with Crippen molar-refractivity contribution < 1.29 is 0 Å². The van der Waals surface area contributed by atoms with E-state index in [9.17, 15) is 0 Å². The van der Waals surface area contributed by atoms with Gasteiger partial charge in [0.2, 0.25) is 0 Å². The van der Waals surface area contributed by atoms with Crippen molar-refractivity contribution in [3.8, 4) is 0 Å². The van der Waals surface area contributed by atoms with Crippen LogP contribution in [0.4, 0.5) is 0 Å². The van der Waals surface area contributed by atoms with E-state index in [4.69, 9.17) is 0 Å². The van der Waals surface area contributed by atoms with E-state index in [2.05, 4.69) is 77.9 Å². The van der Waals surface area contributed by atoms with Crippen LogP contribution in [0, 0.1) is 0 Å². The van der Waals surface area contributed by atoms with E-state index in [-0.39, 0.29) is 10.8 Å². The molecule has 0 amide bonds. The van der Waals surface area contributed by atoms with Crippen molar-refractivity contribution in [1.29, 1.82) is 0 Å². The first-order chi connectivity index (χ1) is 9.31. The summed E-state index contributed by atoms with van der Waals surface area (Å²) in [4.78, 5) is 0. The molecule has 20 heavy (non-hydrogen) atoms. The van der Waals surface area contributed by atoms with Crippen LogP contribution in [-0.4, -0.2) is 0 Å². The fraction of sp³-hybridized carbons (Fsp3) is 0.500. The SMILES string of the molecule is CCC(C)(C)c1cc(C(C)(C)CC)c2ccccc2c1. The quantitative estimate of drug-likeness (QED) is 0.618. The van der Waals surface area contributed by atoms with Gasteiger partial charge in [-0.05, 0) is 45.6 Å². The molecule has 2 aromatic rings. The van der Waals surface area contributed by atoms with Gasteiger partial charge in [0.05, 0.1) is 0 Å². The van der Waals surface area contributed by atoms with Gasteiger partial charge in [0.1, 0.15) is 0 Å². The Morgan fingerprint density at radius 3 is 2.00 bits per heavy atom. The lowest BCUT2D eigenvalue weighted by molar-refractivity contribution is 0.492. The Morgan fingerprint density at radius 1 is 0.800 bits per heavy atom. The van der Waals surface area contributed by atoms with Gasteiger partial charge in [-0.1, -0.05) is 77.9 Å². The van der Waals surface area contributed by atoms with E-state index < -0.39 is 0 Å². The van der Waals surface area contributed by atoms with Crippen molar-refractivity contribution in [2.75, 3.05) is 0 Å². The topological polar surface area (TPSA) is 0 Å². The minimum atomic E-state index is 0.222. The van der Waals surface area contributed by atoms with Crippen LogP contribution in [0.5, 0.6) is 0 Å². The number of hydrogen-bond acceptors (Lipinski definition) is 0. The zero-order chi connectivity index (χ0) is 15.0. The Hall–Kier alpha value is -1.30. The third-order valence-corrected chi connectivity index (χ3v) is 5.14. The van der Waals surface area contributed by atoms with Crippen molar-refractivity contribution in [2.45, 2.75) is 65.2 Å². The second-order valence-electron chi connectivity index (χ2n) is 7.22. The van der Waals surface area contributed by atoms with Crippen LogP contribution in [0.15, 0.2) is 36.4 Å². The van der Waals surface area contributed by atoms with Crippen molar-refractivity contribution in [3.63, 3.8) is 0 Å². The maximum Gasteiger partial charge on any atom is -0.00999 e. The Kier molecular flexibility index (Phi) is 3.95. The summed E-state index contributed by atoms with van der Waals surface area (Å²) in [6.07, 6.45) is 2.32. The molecule has 108 valence electrons. The molecule has 0 atom stereocenters. The minimum absolute atomic E-state index is 0.222. The maximum atomic E-state index is 2.45. The van der Waals surface area contributed by atoms with Crippen LogP contribution >= 0.6 is 0 Å². The third-order valence-electron chi connectivity index (χ3n) is 5.14. The highest BCUT2D eigenvalue weighted by Crippen LogP contribution is 2.37. The molecule has 0 aliphatic rings. The first kappa shape index (κ1) is 15.1. The third kappa shape index (κ3) is 2.61. The molecule has 0 heterocycles. The van der Waals surface area contributed by atoms with E-state index in [1.165, 1.54) is 21.9 Å². The monoisotopic (exact) mass is 268 g/mol. The molecule has 0 saturated carbocycles. The van der Waals surface area contributed by atoms with Gasteiger partial charge in [-0.15, -0.1) is 0 Å². The molecule has 0 saturated heterocycles. The normalized spacial score (nSPS) is 12.9. The molecule has 0 radical (unpaired) electrons. The maximum absolute atomic E-state index is 2.45. The fourth-order valence-corrected chi connectivity index (χ4v) is 2.66. The molecule has 2 rings (SSSR count). The lowest BCUT2D eigenvalue weighted by Gasteiger charge is -2.30. The van der Waals surface area contributed by atoms with Crippen LogP contribution in [0.25, 0.3) is 10.8 Å². The van der Waals surface area contributed by atoms with Crippen LogP contribution in [0.3, 0.4) is 0 Å². The van der Waals surface area contributed by atoms with Gasteiger partial charge in [-0.2, -0.15) is 0 Å². The zero-order valence-electron chi connectivity index (χ0n) is 13.9. The largest absolute Gasteiger partial charge is 0.0646 e. The highest BCUT2D eigenvalue weighted by molar-refractivity contribution is 5.87. The van der Waals surface area contributed by atoms with Gasteiger partial charge in [-0.3, -0.25) is 0 Å². The molecule has 0 fully saturated rings. The first-order valence-corrected chi connectivity index (χ1v) is 7.85. The molecule has 0 aliphatic carbocycles. The van der Waals surface area contributed by atoms with Crippen molar-refractivity contribution >= 4 is 10.8 Å². The predicted molar refractivity (Wildman–Crippen MR) is 90.6 cm³/mol. The molecule has 0 bridgehead atoms. The van der Waals surface area contributed by atoms with Gasteiger partial charge >= 0.3 is 0 Å². The molecular weight excluding hydrogens is 240 g/mol. The van der Waals surface area contributed by atoms with E-state index in [0.717, 1.165) is 12.8 Å². The molecule has 0 nitrogen and oxygen atoms in total. The second-order valence-corrected chi connectivity index (χ2v) is 7.22. The average Bonchev–Trinajstić information content (AvgIpc) is 2.45. The summed E-state index contributed by atoms with van der Waals surface area (Å²) >= 11 is 0. The van der Waals surface area contributed by atoms with Crippen molar-refractivity contribution in [3.05, 3.63) is 47.5 Å². The Labute approximate surface area is 124 Å². The van der Waals surface area contributed by atoms with E-state index in [1.54, 1.807) is 0 Å². The minimum Gasteiger partial charge on any atom is -0.0646 e. The zero-order valence-corrected chi connectivity index (χ0v) is 13.9. The molecule has 0 heteroatoms. The van der Waals surface area contributed by atoms with Gasteiger partial charge in [0, 0.05) is 0 Å². The van der Waals surface area contributed by atoms with Gasteiger partial charge in [-0.25, -0.2) is 0 Å². The summed E-state index contributed by atoms with van der Waals surface area (Å²) < 4.78 is 0. The Balaban J connectivity index is 2.77. The fourth-order valence-electron chi connectivity index (χ4n) is 2.66. The van der Waals surface area contributed by atoms with Crippen LogP contribution in [0.2, 0.25) is 0 Å². The standard InChI is InChI=1S/C20H28/c1-7-19(3,4)16-13-15-11-9-10-12-17(15)18(14-16)20(5,6)8-2/h9-14H,7-8H2,1-6H3. The molecule has 0 aromatic heterocycles. The molecule has 0 aliphatic heterocycles. The summed E-state index contributed by atoms with van der Waals surface area (Å²) in [5.74, 6) is 0. The number of hydrogen-bond donors (Lipinski definition) is 0. The van der Waals surface area contributed by atoms with Gasteiger partial charge < -0.3 is 0 Å². The molecular formula is C20H28. The lowest BCUT2D eigenvalue weighted by atomic mass is 9.74. The highest BCUT2D eigenvalue weighted by Gasteiger charge is 2.25. The predicted octanol–water partition coefficient (Wildman–Crippen LogP) is 6.22. The van der Waals surface area contributed by atoms with Gasteiger partial charge in [0.15, 0.2) is 0 Å². The molecule has 0 N–H and O–H groups in total. The summed E-state index contributed by atoms with van der Waals surface area (Å²) in [6.45, 7) is 14.0. The Morgan fingerprint density at radius 2 is 1.40 bits per heavy atom. The number of rotatable bonds is 4. The van der Waals surface area contributed by atoms with E-state index in [1.807, 2.05) is 0 Å². The van der Waals surface area contributed by atoms with Crippen LogP contribution < -0.4 is 0 Å². The van der Waals surface area contributed by atoms with Crippen LogP contribution in [-0.2, 0) is 10.8 Å². The smallest absolute Gasteiger partial charge is 0.00999 e. The van der Waals surface area contributed by atoms with Gasteiger partial charge in [0.25, 0.3) is 0 Å². The van der Waals surface area contributed by atoms with Crippen LogP contribution in [0.1, 0.15) is 65.5 Å². The molecule has 0 spiro atoms. The molecule has 2 aromatic carbocycles. The second kappa shape index (κ2) is 5.24. The summed E-state index contributed by atoms with van der Waals surface area (Å²) in [5, 5.41) is 2.79. The summed E-state index contributed by atoms with van der Waals surface area (Å²) in [6, 6.07) is 13.7. The molecule has 0 unspecified atom stereocenters. The Bertz CT molecular complexity index is 602. The summed E-state index contributed by atoms with van der Waals surface area (Å²) in [5.41, 5.74) is 3.42. The summed E-state index contributed by atoms with van der Waals surface area (Å²) in [7, 11) is 0. The highest BCUT2D eigenvalue weighted by atomic mass is 14.3. The van der Waals surface area contributed by atoms with E-state index in [0.29, 0.717) is 0 Å². The number of fused-ring (bicyclic) bond motifs is 1. The lowest BCUT2D eigenvalue weighted by Crippen LogP contribution is -2.20.